The van der Waals surface area contributed by atoms with Crippen LogP contribution in [0.4, 0.5) is 5.69 Å². The normalized spacial score (nSPS) is 23.1. The van der Waals surface area contributed by atoms with Crippen LogP contribution in [0, 0.1) is 11.8 Å². The van der Waals surface area contributed by atoms with Crippen LogP contribution in [0.1, 0.15) is 12.8 Å². The monoisotopic (exact) mass is 330 g/mol. The van der Waals surface area contributed by atoms with Gasteiger partial charge in [-0.05, 0) is 31.2 Å². The molecule has 0 unspecified atom stereocenters. The molecule has 0 radical (unpaired) electrons. The predicted octanol–water partition coefficient (Wildman–Crippen LogP) is 2.30. The van der Waals surface area contributed by atoms with E-state index in [4.69, 9.17) is 0 Å². The lowest BCUT2D eigenvalue weighted by Gasteiger charge is -2.15. The van der Waals surface area contributed by atoms with Crippen LogP contribution >= 0.6 is 11.8 Å². The number of anilines is 1. The van der Waals surface area contributed by atoms with Crippen LogP contribution in [0.25, 0.3) is 0 Å². The van der Waals surface area contributed by atoms with Crippen molar-refractivity contribution in [3.05, 3.63) is 36.4 Å². The van der Waals surface area contributed by atoms with E-state index in [9.17, 15) is 14.4 Å². The highest BCUT2D eigenvalue weighted by atomic mass is 32.2. The van der Waals surface area contributed by atoms with Gasteiger partial charge in [-0.15, -0.1) is 11.8 Å². The van der Waals surface area contributed by atoms with E-state index in [-0.39, 0.29) is 36.1 Å². The van der Waals surface area contributed by atoms with E-state index < -0.39 is 0 Å². The van der Waals surface area contributed by atoms with E-state index in [1.165, 1.54) is 11.8 Å². The molecule has 0 spiro atoms. The zero-order valence-electron chi connectivity index (χ0n) is 12.8. The van der Waals surface area contributed by atoms with Crippen LogP contribution in [0.15, 0.2) is 41.3 Å². The average Bonchev–Trinajstić information content (AvgIpc) is 2.81. The van der Waals surface area contributed by atoms with Crippen molar-refractivity contribution in [3.8, 4) is 0 Å². The van der Waals surface area contributed by atoms with Gasteiger partial charge in [0.15, 0.2) is 0 Å². The van der Waals surface area contributed by atoms with Gasteiger partial charge < -0.3 is 5.32 Å². The molecule has 0 bridgehead atoms. The first-order valence-corrected chi connectivity index (χ1v) is 8.77. The lowest BCUT2D eigenvalue weighted by atomic mass is 9.85. The topological polar surface area (TPSA) is 66.5 Å². The van der Waals surface area contributed by atoms with Gasteiger partial charge in [-0.1, -0.05) is 24.3 Å². The molecule has 1 N–H and O–H groups in total. The van der Waals surface area contributed by atoms with Crippen molar-refractivity contribution >= 4 is 35.2 Å². The molecule has 1 aromatic rings. The van der Waals surface area contributed by atoms with Gasteiger partial charge in [-0.25, -0.2) is 0 Å². The van der Waals surface area contributed by atoms with Gasteiger partial charge in [-0.2, -0.15) is 0 Å². The maximum atomic E-state index is 12.3. The summed E-state index contributed by atoms with van der Waals surface area (Å²) in [7, 11) is 0. The fourth-order valence-corrected chi connectivity index (χ4v) is 3.66. The van der Waals surface area contributed by atoms with E-state index in [0.717, 1.165) is 9.80 Å². The summed E-state index contributed by atoms with van der Waals surface area (Å²) in [5.41, 5.74) is 0.697. The summed E-state index contributed by atoms with van der Waals surface area (Å²) in [5, 5.41) is 2.79. The predicted molar refractivity (Wildman–Crippen MR) is 88.9 cm³/mol. The minimum Gasteiger partial charge on any atom is -0.324 e. The maximum Gasteiger partial charge on any atom is 0.244 e. The number of thioether (sulfide) groups is 1. The van der Waals surface area contributed by atoms with Crippen LogP contribution in [0.2, 0.25) is 0 Å². The van der Waals surface area contributed by atoms with Crippen molar-refractivity contribution in [2.45, 2.75) is 17.7 Å². The summed E-state index contributed by atoms with van der Waals surface area (Å²) >= 11 is 1.53. The molecule has 0 saturated carbocycles. The first kappa shape index (κ1) is 15.8. The number of nitrogens with zero attached hydrogens (tertiary/aromatic N) is 1. The number of rotatable bonds is 4. The number of para-hydroxylation sites is 1. The van der Waals surface area contributed by atoms with Gasteiger partial charge in [0.25, 0.3) is 0 Å². The molecule has 1 saturated heterocycles. The number of hydrogen-bond donors (Lipinski definition) is 1. The van der Waals surface area contributed by atoms with Gasteiger partial charge in [-0.3, -0.25) is 19.3 Å². The number of carbonyl (C=O) groups excluding carboxylic acids is 3. The fourth-order valence-electron chi connectivity index (χ4n) is 3.11. The minimum atomic E-state index is -0.347. The summed E-state index contributed by atoms with van der Waals surface area (Å²) in [6, 6.07) is 7.45. The summed E-state index contributed by atoms with van der Waals surface area (Å²) in [4.78, 5) is 39.0. The number of fused-ring (bicyclic) bond motifs is 1. The lowest BCUT2D eigenvalue weighted by molar-refractivity contribution is -0.142. The summed E-state index contributed by atoms with van der Waals surface area (Å²) < 4.78 is 0. The van der Waals surface area contributed by atoms with Gasteiger partial charge in [0, 0.05) is 4.90 Å². The van der Waals surface area contributed by atoms with Crippen LogP contribution in [-0.2, 0) is 14.4 Å². The summed E-state index contributed by atoms with van der Waals surface area (Å²) in [5.74, 6) is -1.38. The third-order valence-corrected chi connectivity index (χ3v) is 5.08. The van der Waals surface area contributed by atoms with Crippen LogP contribution in [-0.4, -0.2) is 35.4 Å². The van der Waals surface area contributed by atoms with E-state index >= 15 is 0 Å². The van der Waals surface area contributed by atoms with E-state index in [0.29, 0.717) is 18.5 Å². The van der Waals surface area contributed by atoms with E-state index in [2.05, 4.69) is 5.32 Å². The molecule has 1 fully saturated rings. The average molecular weight is 330 g/mol. The Hall–Kier alpha value is -2.08. The molecular formula is C17H18N2O3S. The second kappa shape index (κ2) is 6.58. The summed E-state index contributed by atoms with van der Waals surface area (Å²) in [6.07, 6.45) is 6.97. The number of amides is 3. The number of hydrogen-bond acceptors (Lipinski definition) is 4. The molecule has 5 nitrogen and oxygen atoms in total. The number of nitrogens with one attached hydrogen (secondary N) is 1. The van der Waals surface area contributed by atoms with Crippen molar-refractivity contribution in [3.63, 3.8) is 0 Å². The zero-order chi connectivity index (χ0) is 16.4. The standard InChI is InChI=1S/C17H18N2O3S/c1-23-14-9-5-4-8-13(14)18-15(20)10-19-16(21)11-6-2-3-7-12(11)17(19)22/h2-5,8-9,11-12H,6-7,10H2,1H3,(H,18,20)/t11-,12-/m1/s1. The number of carbonyl (C=O) groups is 3. The number of likely N-dealkylation sites (tertiary alicyclic amines) is 1. The Labute approximate surface area is 139 Å². The highest BCUT2D eigenvalue weighted by Gasteiger charge is 2.47. The Bertz CT molecular complexity index is 660. The first-order valence-electron chi connectivity index (χ1n) is 7.55. The molecule has 2 aliphatic rings. The molecular weight excluding hydrogens is 312 g/mol. The van der Waals surface area contributed by atoms with E-state index in [1.807, 2.05) is 36.6 Å². The van der Waals surface area contributed by atoms with Crippen LogP contribution < -0.4 is 5.32 Å². The Morgan fingerprint density at radius 1 is 1.17 bits per heavy atom. The fraction of sp³-hybridized carbons (Fsp3) is 0.353. The van der Waals surface area contributed by atoms with Gasteiger partial charge >= 0.3 is 0 Å². The molecule has 1 heterocycles. The maximum absolute atomic E-state index is 12.3. The second-order valence-electron chi connectivity index (χ2n) is 5.67. The molecule has 6 heteroatoms. The highest BCUT2D eigenvalue weighted by Crippen LogP contribution is 2.35. The quantitative estimate of drug-likeness (QED) is 0.523. The Morgan fingerprint density at radius 2 is 1.78 bits per heavy atom. The largest absolute Gasteiger partial charge is 0.324 e. The van der Waals surface area contributed by atoms with E-state index in [1.54, 1.807) is 6.07 Å². The Kier molecular flexibility index (Phi) is 4.52. The van der Waals surface area contributed by atoms with Crippen molar-refractivity contribution in [1.82, 2.24) is 4.90 Å². The van der Waals surface area contributed by atoms with Gasteiger partial charge in [0.1, 0.15) is 6.54 Å². The molecule has 1 aromatic carbocycles. The molecule has 120 valence electrons. The lowest BCUT2D eigenvalue weighted by Crippen LogP contribution is -2.38. The first-order chi connectivity index (χ1) is 11.1. The summed E-state index contributed by atoms with van der Waals surface area (Å²) in [6.45, 7) is -0.215. The minimum absolute atomic E-state index is 0.215. The van der Waals surface area contributed by atoms with Gasteiger partial charge in [0.05, 0.1) is 17.5 Å². The van der Waals surface area contributed by atoms with Gasteiger partial charge in [0.2, 0.25) is 17.7 Å². The highest BCUT2D eigenvalue weighted by molar-refractivity contribution is 7.98. The molecule has 3 rings (SSSR count). The zero-order valence-corrected chi connectivity index (χ0v) is 13.6. The molecule has 2 atom stereocenters. The molecule has 1 aliphatic carbocycles. The number of allylic oxidation sites excluding steroid dienone is 2. The number of benzene rings is 1. The Morgan fingerprint density at radius 3 is 2.39 bits per heavy atom. The van der Waals surface area contributed by atoms with Crippen LogP contribution in [0.3, 0.4) is 0 Å². The third kappa shape index (κ3) is 3.03. The molecule has 3 amide bonds. The molecule has 1 aliphatic heterocycles. The van der Waals surface area contributed by atoms with Crippen molar-refractivity contribution in [2.24, 2.45) is 11.8 Å². The van der Waals surface area contributed by atoms with Crippen molar-refractivity contribution in [1.29, 1.82) is 0 Å². The molecule has 0 aromatic heterocycles. The van der Waals surface area contributed by atoms with Crippen molar-refractivity contribution in [2.75, 3.05) is 18.1 Å². The second-order valence-corrected chi connectivity index (χ2v) is 6.51. The molecule has 23 heavy (non-hydrogen) atoms. The number of imide groups is 1. The van der Waals surface area contributed by atoms with Crippen LogP contribution in [0.5, 0.6) is 0 Å². The van der Waals surface area contributed by atoms with Crippen molar-refractivity contribution < 1.29 is 14.4 Å². The SMILES string of the molecule is CSc1ccccc1NC(=O)CN1C(=O)[C@@H]2CC=CC[C@H]2C1=O. The third-order valence-electron chi connectivity index (χ3n) is 4.28. The smallest absolute Gasteiger partial charge is 0.244 e. The Balaban J connectivity index is 1.68.